The molecule has 2 aliphatic carbocycles. The van der Waals surface area contributed by atoms with Gasteiger partial charge >= 0.3 is 0 Å². The molecule has 5 atom stereocenters. The number of likely N-dealkylation sites (tertiary alicyclic amines) is 1. The normalized spacial score (nSPS) is 42.2. The largest absolute Gasteiger partial charge is 0.493 e. The van der Waals surface area contributed by atoms with Gasteiger partial charge in [0.2, 0.25) is 0 Å². The summed E-state index contributed by atoms with van der Waals surface area (Å²) in [7, 11) is 3.84. The number of hydrogen-bond acceptors (Lipinski definition) is 4. The van der Waals surface area contributed by atoms with Gasteiger partial charge in [0, 0.05) is 11.6 Å². The first-order valence-corrected chi connectivity index (χ1v) is 9.01. The molecule has 0 aromatic heterocycles. The Kier molecular flexibility index (Phi) is 2.81. The molecule has 1 spiro atoms. The van der Waals surface area contributed by atoms with Gasteiger partial charge in [-0.25, -0.2) is 0 Å². The van der Waals surface area contributed by atoms with Gasteiger partial charge < -0.3 is 14.6 Å². The van der Waals surface area contributed by atoms with Crippen molar-refractivity contribution in [1.29, 1.82) is 0 Å². The monoisotopic (exact) mass is 347 g/mol. The summed E-state index contributed by atoms with van der Waals surface area (Å²) in [4.78, 5) is 2.41. The van der Waals surface area contributed by atoms with Crippen molar-refractivity contribution < 1.29 is 14.6 Å². The van der Waals surface area contributed by atoms with Crippen molar-refractivity contribution in [2.24, 2.45) is 0 Å². The molecule has 1 aromatic carbocycles. The van der Waals surface area contributed by atoms with Gasteiger partial charge in [-0.2, -0.15) is 0 Å². The van der Waals surface area contributed by atoms with Gasteiger partial charge in [-0.1, -0.05) is 12.1 Å². The number of piperidine rings is 1. The van der Waals surface area contributed by atoms with Crippen LogP contribution in [0.3, 0.4) is 0 Å². The minimum absolute atomic E-state index is 0.299. The molecular formula is C19H22ClNO3. The Morgan fingerprint density at radius 2 is 2.21 bits per heavy atom. The summed E-state index contributed by atoms with van der Waals surface area (Å²) >= 11 is 6.53. The van der Waals surface area contributed by atoms with E-state index in [0.717, 1.165) is 30.9 Å². The highest BCUT2D eigenvalue weighted by Gasteiger charge is 2.70. The van der Waals surface area contributed by atoms with Crippen LogP contribution in [0.2, 0.25) is 0 Å². The fourth-order valence-corrected chi connectivity index (χ4v) is 6.00. The van der Waals surface area contributed by atoms with Crippen molar-refractivity contribution in [3.8, 4) is 11.5 Å². The summed E-state index contributed by atoms with van der Waals surface area (Å²) in [6.07, 6.45) is 3.22. The average Bonchev–Trinajstić information content (AvgIpc) is 2.84. The van der Waals surface area contributed by atoms with E-state index < -0.39 is 17.1 Å². The third kappa shape index (κ3) is 1.41. The number of aliphatic hydroxyl groups excluding tert-OH is 1. The Balaban J connectivity index is 1.89. The van der Waals surface area contributed by atoms with Gasteiger partial charge in [-0.3, -0.25) is 4.90 Å². The number of ether oxygens (including phenoxy) is 2. The molecule has 0 radical (unpaired) electrons. The third-order valence-corrected chi connectivity index (χ3v) is 7.22. The molecule has 2 heterocycles. The molecule has 5 unspecified atom stereocenters. The fraction of sp³-hybridized carbons (Fsp3) is 0.579. The number of benzene rings is 1. The van der Waals surface area contributed by atoms with Crippen molar-refractivity contribution in [3.63, 3.8) is 0 Å². The Bertz CT molecular complexity index is 778. The number of halogens is 1. The van der Waals surface area contributed by atoms with E-state index >= 15 is 0 Å². The van der Waals surface area contributed by atoms with Gasteiger partial charge in [0.15, 0.2) is 11.5 Å². The quantitative estimate of drug-likeness (QED) is 0.625. The van der Waals surface area contributed by atoms with Crippen molar-refractivity contribution in [2.45, 2.75) is 48.3 Å². The van der Waals surface area contributed by atoms with Crippen molar-refractivity contribution >= 4 is 11.6 Å². The standard InChI is InChI=1S/C19H22ClNO3/c1-18-17(22)12(20)9-11-13-8-10-4-5-14(23-3)16(24-18)15(10)19(11,18)6-7-21(13)2/h4-5,9,12-13,17,22H,6-8H2,1-3H3. The van der Waals surface area contributed by atoms with Gasteiger partial charge in [0.05, 0.1) is 17.9 Å². The molecule has 128 valence electrons. The van der Waals surface area contributed by atoms with Crippen LogP contribution < -0.4 is 9.47 Å². The summed E-state index contributed by atoms with van der Waals surface area (Å²) in [5.74, 6) is 1.55. The summed E-state index contributed by atoms with van der Waals surface area (Å²) in [6, 6.07) is 4.47. The van der Waals surface area contributed by atoms with Crippen LogP contribution in [0.1, 0.15) is 24.5 Å². The second-order valence-electron chi connectivity index (χ2n) is 7.71. The van der Waals surface area contributed by atoms with E-state index in [1.807, 2.05) is 13.0 Å². The van der Waals surface area contributed by atoms with E-state index in [1.165, 1.54) is 16.7 Å². The van der Waals surface area contributed by atoms with Gasteiger partial charge in [0.25, 0.3) is 0 Å². The van der Waals surface area contributed by atoms with E-state index in [9.17, 15) is 5.11 Å². The predicted molar refractivity (Wildman–Crippen MR) is 92.2 cm³/mol. The fourth-order valence-electron chi connectivity index (χ4n) is 5.63. The van der Waals surface area contributed by atoms with E-state index in [4.69, 9.17) is 21.1 Å². The molecule has 4 nitrogen and oxygen atoms in total. The number of hydrogen-bond donors (Lipinski definition) is 1. The summed E-state index contributed by atoms with van der Waals surface area (Å²) in [6.45, 7) is 3.01. The van der Waals surface area contributed by atoms with Crippen molar-refractivity contribution in [2.75, 3.05) is 20.7 Å². The molecule has 1 saturated heterocycles. The predicted octanol–water partition coefficient (Wildman–Crippen LogP) is 2.25. The van der Waals surface area contributed by atoms with Crippen LogP contribution >= 0.6 is 11.6 Å². The molecule has 0 amide bonds. The molecule has 1 N–H and O–H groups in total. The van der Waals surface area contributed by atoms with Crippen LogP contribution in [0, 0.1) is 0 Å². The topological polar surface area (TPSA) is 41.9 Å². The van der Waals surface area contributed by atoms with E-state index in [1.54, 1.807) is 7.11 Å². The van der Waals surface area contributed by atoms with Gasteiger partial charge in [-0.15, -0.1) is 11.6 Å². The zero-order valence-electron chi connectivity index (χ0n) is 14.2. The van der Waals surface area contributed by atoms with Gasteiger partial charge in [-0.05, 0) is 50.6 Å². The SMILES string of the molecule is COc1ccc2c3c1OC1(C)C(O)C(Cl)C=C4C(C2)N(C)CCC431. The van der Waals surface area contributed by atoms with Crippen LogP contribution in [-0.2, 0) is 11.8 Å². The van der Waals surface area contributed by atoms with Crippen LogP contribution in [0.4, 0.5) is 0 Å². The smallest absolute Gasteiger partial charge is 0.166 e. The highest BCUT2D eigenvalue weighted by atomic mass is 35.5. The maximum Gasteiger partial charge on any atom is 0.166 e. The Labute approximate surface area is 147 Å². The zero-order chi connectivity index (χ0) is 16.9. The van der Waals surface area contributed by atoms with Crippen molar-refractivity contribution in [3.05, 3.63) is 34.9 Å². The zero-order valence-corrected chi connectivity index (χ0v) is 14.9. The summed E-state index contributed by atoms with van der Waals surface area (Å²) in [5.41, 5.74) is 2.80. The average molecular weight is 348 g/mol. The molecule has 1 aromatic rings. The lowest BCUT2D eigenvalue weighted by Gasteiger charge is -2.58. The van der Waals surface area contributed by atoms with Crippen molar-refractivity contribution in [1.82, 2.24) is 4.90 Å². The second-order valence-corrected chi connectivity index (χ2v) is 8.21. The molecule has 0 saturated carbocycles. The summed E-state index contributed by atoms with van der Waals surface area (Å²) < 4.78 is 12.1. The lowest BCUT2D eigenvalue weighted by Crippen LogP contribution is -2.69. The second kappa shape index (κ2) is 4.48. The number of likely N-dealkylation sites (N-methyl/N-ethyl adjacent to an activating group) is 1. The lowest BCUT2D eigenvalue weighted by molar-refractivity contribution is -0.0853. The molecule has 5 heteroatoms. The van der Waals surface area contributed by atoms with E-state index in [0.29, 0.717) is 6.04 Å². The minimum Gasteiger partial charge on any atom is -0.493 e. The summed E-state index contributed by atoms with van der Waals surface area (Å²) in [5, 5.41) is 10.6. The highest BCUT2D eigenvalue weighted by molar-refractivity contribution is 6.22. The molecule has 24 heavy (non-hydrogen) atoms. The molecule has 1 fully saturated rings. The molecule has 5 rings (SSSR count). The van der Waals surface area contributed by atoms with Crippen LogP contribution in [0.25, 0.3) is 0 Å². The first kappa shape index (κ1) is 15.1. The molecule has 4 aliphatic rings. The maximum atomic E-state index is 11.0. The molecule has 2 bridgehead atoms. The number of rotatable bonds is 1. The van der Waals surface area contributed by atoms with E-state index in [-0.39, 0.29) is 5.41 Å². The van der Waals surface area contributed by atoms with Crippen LogP contribution in [-0.4, -0.2) is 53.8 Å². The molecular weight excluding hydrogens is 326 g/mol. The van der Waals surface area contributed by atoms with E-state index in [2.05, 4.69) is 24.1 Å². The number of alkyl halides is 1. The van der Waals surface area contributed by atoms with Crippen LogP contribution in [0.15, 0.2) is 23.8 Å². The maximum absolute atomic E-state index is 11.0. The lowest BCUT2D eigenvalue weighted by atomic mass is 9.51. The first-order chi connectivity index (χ1) is 11.4. The van der Waals surface area contributed by atoms with Crippen LogP contribution in [0.5, 0.6) is 11.5 Å². The minimum atomic E-state index is -0.755. The Hall–Kier alpha value is -1.23. The third-order valence-electron chi connectivity index (χ3n) is 6.86. The number of nitrogens with zero attached hydrogens (tertiary/aromatic N) is 1. The molecule has 2 aliphatic heterocycles. The number of methoxy groups -OCH3 is 1. The number of aliphatic hydroxyl groups is 1. The Morgan fingerprint density at radius 3 is 2.96 bits per heavy atom. The highest BCUT2D eigenvalue weighted by Crippen LogP contribution is 2.66. The van der Waals surface area contributed by atoms with Gasteiger partial charge in [0.1, 0.15) is 11.7 Å². The Morgan fingerprint density at radius 1 is 1.42 bits per heavy atom. The first-order valence-electron chi connectivity index (χ1n) is 8.58.